The quantitative estimate of drug-likeness (QED) is 0.585. The van der Waals surface area contributed by atoms with Crippen LogP contribution < -0.4 is 5.32 Å². The molecule has 0 spiro atoms. The van der Waals surface area contributed by atoms with E-state index in [4.69, 9.17) is 0 Å². The van der Waals surface area contributed by atoms with Crippen LogP contribution in [0.3, 0.4) is 0 Å². The lowest BCUT2D eigenvalue weighted by Gasteiger charge is -2.10. The van der Waals surface area contributed by atoms with Crippen LogP contribution in [0, 0.1) is 0 Å². The molecule has 6 heteroatoms. The number of rotatable bonds is 8. The molecule has 2 aromatic carbocycles. The predicted octanol–water partition coefficient (Wildman–Crippen LogP) is 3.81. The Morgan fingerprint density at radius 3 is 2.56 bits per heavy atom. The van der Waals surface area contributed by atoms with Crippen molar-refractivity contribution in [2.75, 3.05) is 6.54 Å². The molecule has 3 aromatic rings. The summed E-state index contributed by atoms with van der Waals surface area (Å²) in [5.74, 6) is 0.653. The zero-order valence-corrected chi connectivity index (χ0v) is 15.9. The Morgan fingerprint density at radius 2 is 1.81 bits per heavy atom. The van der Waals surface area contributed by atoms with Crippen molar-refractivity contribution >= 4 is 29.8 Å². The zero-order valence-electron chi connectivity index (χ0n) is 15.1. The highest BCUT2D eigenvalue weighted by Crippen LogP contribution is 2.19. The summed E-state index contributed by atoms with van der Waals surface area (Å²) in [4.78, 5) is 16.6. The van der Waals surface area contributed by atoms with Crippen molar-refractivity contribution < 1.29 is 4.79 Å². The summed E-state index contributed by atoms with van der Waals surface area (Å²) in [6.07, 6.45) is 4.66. The Bertz CT molecular complexity index is 877. The van der Waals surface area contributed by atoms with Gasteiger partial charge >= 0.3 is 0 Å². The van der Waals surface area contributed by atoms with Gasteiger partial charge in [0.25, 0.3) is 0 Å². The first kappa shape index (κ1) is 18.9. The molecule has 0 aliphatic carbocycles. The number of carbonyl (C=O) groups excluding carboxylic acids is 1. The molecule has 2 N–H and O–H groups in total. The standard InChI is InChI=1S/C21H22N4OS/c1-16(20(26)22-15-14-18-10-6-3-7-11-18)27-21-23-19(24-25-21)13-12-17-8-4-2-5-9-17/h2-13,16H,14-15H2,1H3,(H,22,26)(H,23,24,25)/b13-12+. The van der Waals surface area contributed by atoms with E-state index in [2.05, 4.69) is 32.6 Å². The van der Waals surface area contributed by atoms with Gasteiger partial charge in [0.05, 0.1) is 5.25 Å². The second-order valence-electron chi connectivity index (χ2n) is 6.03. The number of thioether (sulfide) groups is 1. The number of aromatic amines is 1. The molecule has 1 atom stereocenters. The van der Waals surface area contributed by atoms with Gasteiger partial charge in [-0.05, 0) is 30.5 Å². The van der Waals surface area contributed by atoms with E-state index in [1.807, 2.05) is 67.6 Å². The first-order chi connectivity index (χ1) is 13.2. The molecule has 0 radical (unpaired) electrons. The second kappa shape index (κ2) is 9.73. The smallest absolute Gasteiger partial charge is 0.233 e. The second-order valence-corrected chi connectivity index (χ2v) is 7.34. The third-order valence-corrected chi connectivity index (χ3v) is 4.88. The van der Waals surface area contributed by atoms with Gasteiger partial charge in [0.15, 0.2) is 0 Å². The van der Waals surface area contributed by atoms with Gasteiger partial charge in [-0.25, -0.2) is 4.98 Å². The van der Waals surface area contributed by atoms with Crippen molar-refractivity contribution in [2.24, 2.45) is 0 Å². The topological polar surface area (TPSA) is 70.7 Å². The summed E-state index contributed by atoms with van der Waals surface area (Å²) in [6, 6.07) is 20.1. The van der Waals surface area contributed by atoms with Crippen LogP contribution in [0.25, 0.3) is 12.2 Å². The summed E-state index contributed by atoms with van der Waals surface area (Å²) in [6.45, 7) is 2.48. The van der Waals surface area contributed by atoms with Gasteiger partial charge in [-0.2, -0.15) is 0 Å². The molecule has 138 valence electrons. The van der Waals surface area contributed by atoms with Gasteiger partial charge in [0.2, 0.25) is 11.1 Å². The van der Waals surface area contributed by atoms with Crippen molar-refractivity contribution in [1.82, 2.24) is 20.5 Å². The summed E-state index contributed by atoms with van der Waals surface area (Å²) in [5, 5.41) is 10.3. The van der Waals surface area contributed by atoms with Crippen molar-refractivity contribution in [1.29, 1.82) is 0 Å². The average molecular weight is 379 g/mol. The number of carbonyl (C=O) groups is 1. The van der Waals surface area contributed by atoms with Crippen LogP contribution in [-0.2, 0) is 11.2 Å². The fourth-order valence-corrected chi connectivity index (χ4v) is 3.21. The SMILES string of the molecule is CC(Sc1n[nH]c(/C=C/c2ccccc2)n1)C(=O)NCCc1ccccc1. The maximum atomic E-state index is 12.2. The van der Waals surface area contributed by atoms with Gasteiger partial charge in [0.1, 0.15) is 5.82 Å². The lowest BCUT2D eigenvalue weighted by Crippen LogP contribution is -2.32. The number of hydrogen-bond donors (Lipinski definition) is 2. The molecule has 27 heavy (non-hydrogen) atoms. The molecule has 3 rings (SSSR count). The summed E-state index contributed by atoms with van der Waals surface area (Å²) < 4.78 is 0. The van der Waals surface area contributed by atoms with E-state index in [9.17, 15) is 4.79 Å². The third-order valence-electron chi connectivity index (χ3n) is 3.92. The third kappa shape index (κ3) is 6.11. The van der Waals surface area contributed by atoms with Crippen LogP contribution in [0.2, 0.25) is 0 Å². The summed E-state index contributed by atoms with van der Waals surface area (Å²) in [7, 11) is 0. The number of amides is 1. The molecular weight excluding hydrogens is 356 g/mol. The number of nitrogens with zero attached hydrogens (tertiary/aromatic N) is 2. The Balaban J connectivity index is 1.46. The average Bonchev–Trinajstić information content (AvgIpc) is 3.15. The highest BCUT2D eigenvalue weighted by Gasteiger charge is 2.16. The monoisotopic (exact) mass is 378 g/mol. The fraction of sp³-hybridized carbons (Fsp3) is 0.190. The van der Waals surface area contributed by atoms with Crippen molar-refractivity contribution in [3.05, 3.63) is 77.6 Å². The highest BCUT2D eigenvalue weighted by atomic mass is 32.2. The van der Waals surface area contributed by atoms with Crippen molar-refractivity contribution in [2.45, 2.75) is 23.8 Å². The maximum absolute atomic E-state index is 12.2. The van der Waals surface area contributed by atoms with Gasteiger partial charge in [-0.3, -0.25) is 9.89 Å². The minimum absolute atomic E-state index is 0.0119. The van der Waals surface area contributed by atoms with Gasteiger partial charge in [0, 0.05) is 6.54 Å². The fourth-order valence-electron chi connectivity index (χ4n) is 2.45. The molecule has 0 bridgehead atoms. The van der Waals surface area contributed by atoms with Gasteiger partial charge in [-0.15, -0.1) is 5.10 Å². The Labute approximate surface area is 163 Å². The first-order valence-electron chi connectivity index (χ1n) is 8.84. The molecule has 1 amide bonds. The number of benzene rings is 2. The maximum Gasteiger partial charge on any atom is 0.233 e. The Kier molecular flexibility index (Phi) is 6.82. The zero-order chi connectivity index (χ0) is 18.9. The van der Waals surface area contributed by atoms with Crippen molar-refractivity contribution in [3.8, 4) is 0 Å². The van der Waals surface area contributed by atoms with E-state index < -0.39 is 0 Å². The van der Waals surface area contributed by atoms with E-state index in [0.717, 1.165) is 12.0 Å². The van der Waals surface area contributed by atoms with E-state index in [0.29, 0.717) is 17.5 Å². The van der Waals surface area contributed by atoms with Crippen LogP contribution in [-0.4, -0.2) is 32.9 Å². The highest BCUT2D eigenvalue weighted by molar-refractivity contribution is 8.00. The molecular formula is C21H22N4OS. The minimum Gasteiger partial charge on any atom is -0.355 e. The summed E-state index contributed by atoms with van der Waals surface area (Å²) in [5.41, 5.74) is 2.30. The largest absolute Gasteiger partial charge is 0.355 e. The normalized spacial score (nSPS) is 12.2. The molecule has 0 fully saturated rings. The molecule has 1 unspecified atom stereocenters. The van der Waals surface area contributed by atoms with E-state index >= 15 is 0 Å². The number of hydrogen-bond acceptors (Lipinski definition) is 4. The number of aromatic nitrogens is 3. The molecule has 0 aliphatic rings. The van der Waals surface area contributed by atoms with Gasteiger partial charge in [-0.1, -0.05) is 78.5 Å². The minimum atomic E-state index is -0.262. The first-order valence-corrected chi connectivity index (χ1v) is 9.72. The van der Waals surface area contributed by atoms with E-state index in [-0.39, 0.29) is 11.2 Å². The van der Waals surface area contributed by atoms with Gasteiger partial charge < -0.3 is 5.32 Å². The summed E-state index contributed by atoms with van der Waals surface area (Å²) >= 11 is 1.34. The van der Waals surface area contributed by atoms with Crippen LogP contribution in [0.4, 0.5) is 0 Å². The number of H-pyrrole nitrogens is 1. The van der Waals surface area contributed by atoms with Crippen LogP contribution in [0.15, 0.2) is 65.8 Å². The molecule has 1 aromatic heterocycles. The Hall–Kier alpha value is -2.86. The number of nitrogens with one attached hydrogen (secondary N) is 2. The van der Waals surface area contributed by atoms with Crippen molar-refractivity contribution in [3.63, 3.8) is 0 Å². The Morgan fingerprint density at radius 1 is 1.11 bits per heavy atom. The van der Waals surface area contributed by atoms with Crippen LogP contribution in [0.5, 0.6) is 0 Å². The lowest BCUT2D eigenvalue weighted by molar-refractivity contribution is -0.120. The van der Waals surface area contributed by atoms with E-state index in [1.165, 1.54) is 17.3 Å². The van der Waals surface area contributed by atoms with E-state index in [1.54, 1.807) is 0 Å². The lowest BCUT2D eigenvalue weighted by atomic mass is 10.1. The molecule has 0 aliphatic heterocycles. The molecule has 5 nitrogen and oxygen atoms in total. The molecule has 0 saturated carbocycles. The van der Waals surface area contributed by atoms with Crippen LogP contribution in [0.1, 0.15) is 23.9 Å². The molecule has 0 saturated heterocycles. The predicted molar refractivity (Wildman–Crippen MR) is 110 cm³/mol. The van der Waals surface area contributed by atoms with Crippen LogP contribution >= 0.6 is 11.8 Å². The molecule has 1 heterocycles.